The summed E-state index contributed by atoms with van der Waals surface area (Å²) in [5.41, 5.74) is 0. The predicted octanol–water partition coefficient (Wildman–Crippen LogP) is 0.806. The summed E-state index contributed by atoms with van der Waals surface area (Å²) >= 11 is 0. The van der Waals surface area contributed by atoms with Crippen LogP contribution < -0.4 is 14.8 Å². The third-order valence-electron chi connectivity index (χ3n) is 3.46. The fourth-order valence-electron chi connectivity index (χ4n) is 2.21. The topological polar surface area (TPSA) is 84.9 Å². The van der Waals surface area contributed by atoms with Gasteiger partial charge < -0.3 is 19.9 Å². The third-order valence-corrected chi connectivity index (χ3v) is 3.46. The molecule has 1 aliphatic carbocycles. The number of rotatable bonds is 4. The Balaban J connectivity index is 1.65. The fraction of sp³-hybridized carbons (Fsp3) is 0.429. The Labute approximate surface area is 115 Å². The van der Waals surface area contributed by atoms with Crippen molar-refractivity contribution in [2.24, 2.45) is 5.92 Å². The number of carbonyl (C=O) groups is 2. The quantitative estimate of drug-likeness (QED) is 0.850. The van der Waals surface area contributed by atoms with E-state index in [1.807, 2.05) is 6.07 Å². The van der Waals surface area contributed by atoms with E-state index in [0.717, 1.165) is 12.8 Å². The maximum Gasteiger partial charge on any atom is 0.326 e. The van der Waals surface area contributed by atoms with Crippen molar-refractivity contribution >= 4 is 11.9 Å². The Kier molecular flexibility index (Phi) is 3.22. The largest absolute Gasteiger partial charge is 0.485 e. The number of benzene rings is 1. The smallest absolute Gasteiger partial charge is 0.326 e. The highest BCUT2D eigenvalue weighted by molar-refractivity contribution is 5.87. The van der Waals surface area contributed by atoms with Crippen LogP contribution in [0.1, 0.15) is 12.8 Å². The van der Waals surface area contributed by atoms with Crippen LogP contribution in [0.2, 0.25) is 0 Å². The van der Waals surface area contributed by atoms with E-state index in [1.54, 1.807) is 18.2 Å². The van der Waals surface area contributed by atoms with E-state index in [2.05, 4.69) is 5.32 Å². The van der Waals surface area contributed by atoms with Gasteiger partial charge in [-0.3, -0.25) is 4.79 Å². The summed E-state index contributed by atoms with van der Waals surface area (Å²) < 4.78 is 11.0. The molecule has 2 aliphatic rings. The molecule has 2 unspecified atom stereocenters. The molecule has 1 amide bonds. The molecular formula is C14H15NO5. The normalized spacial score (nSPS) is 21.9. The Morgan fingerprint density at radius 2 is 1.95 bits per heavy atom. The Morgan fingerprint density at radius 1 is 1.25 bits per heavy atom. The maximum atomic E-state index is 12.1. The number of nitrogens with one attached hydrogen (secondary N) is 1. The third kappa shape index (κ3) is 2.54. The summed E-state index contributed by atoms with van der Waals surface area (Å²) in [6.07, 6.45) is 0.856. The summed E-state index contributed by atoms with van der Waals surface area (Å²) in [7, 11) is 0. The minimum absolute atomic E-state index is 0.0354. The van der Waals surface area contributed by atoms with Gasteiger partial charge in [0.2, 0.25) is 6.10 Å². The van der Waals surface area contributed by atoms with Gasteiger partial charge in [0.15, 0.2) is 11.5 Å². The molecule has 0 radical (unpaired) electrons. The van der Waals surface area contributed by atoms with Crippen LogP contribution in [-0.2, 0) is 9.59 Å². The van der Waals surface area contributed by atoms with Gasteiger partial charge in [-0.2, -0.15) is 0 Å². The van der Waals surface area contributed by atoms with Gasteiger partial charge in [0.25, 0.3) is 5.91 Å². The Hall–Kier alpha value is -2.24. The summed E-state index contributed by atoms with van der Waals surface area (Å²) in [5, 5.41) is 11.6. The van der Waals surface area contributed by atoms with Crippen LogP contribution in [0.3, 0.4) is 0 Å². The standard InChI is InChI=1S/C14H15NO5/c16-13(15-12(14(17)18)8-5-6-8)11-7-19-9-3-1-2-4-10(9)20-11/h1-4,8,11-12H,5-7H2,(H,15,16)(H,17,18). The molecule has 1 saturated carbocycles. The zero-order valence-electron chi connectivity index (χ0n) is 10.7. The number of carboxylic acids is 1. The van der Waals surface area contributed by atoms with Crippen molar-refractivity contribution < 1.29 is 24.2 Å². The van der Waals surface area contributed by atoms with Crippen molar-refractivity contribution in [1.29, 1.82) is 0 Å². The number of amides is 1. The Bertz CT molecular complexity index is 540. The van der Waals surface area contributed by atoms with Crippen molar-refractivity contribution in [3.05, 3.63) is 24.3 Å². The van der Waals surface area contributed by atoms with E-state index in [0.29, 0.717) is 11.5 Å². The molecule has 0 spiro atoms. The summed E-state index contributed by atoms with van der Waals surface area (Å²) in [6, 6.07) is 6.24. The van der Waals surface area contributed by atoms with Crippen molar-refractivity contribution in [2.45, 2.75) is 25.0 Å². The van der Waals surface area contributed by atoms with E-state index >= 15 is 0 Å². The molecule has 0 bridgehead atoms. The van der Waals surface area contributed by atoms with Gasteiger partial charge in [-0.15, -0.1) is 0 Å². The van der Waals surface area contributed by atoms with Crippen LogP contribution in [0.15, 0.2) is 24.3 Å². The Morgan fingerprint density at radius 3 is 2.60 bits per heavy atom. The first-order valence-electron chi connectivity index (χ1n) is 6.57. The van der Waals surface area contributed by atoms with Crippen LogP contribution in [0.4, 0.5) is 0 Å². The van der Waals surface area contributed by atoms with Gasteiger partial charge in [0.1, 0.15) is 12.6 Å². The molecule has 1 aromatic carbocycles. The molecule has 1 aromatic rings. The van der Waals surface area contributed by atoms with Gasteiger partial charge in [-0.05, 0) is 30.9 Å². The van der Waals surface area contributed by atoms with Crippen LogP contribution in [0.25, 0.3) is 0 Å². The summed E-state index contributed by atoms with van der Waals surface area (Å²) in [4.78, 5) is 23.2. The van der Waals surface area contributed by atoms with Crippen LogP contribution in [0.5, 0.6) is 11.5 Å². The average molecular weight is 277 g/mol. The lowest BCUT2D eigenvalue weighted by Crippen LogP contribution is -2.50. The van der Waals surface area contributed by atoms with E-state index in [4.69, 9.17) is 14.6 Å². The number of fused-ring (bicyclic) bond motifs is 1. The predicted molar refractivity (Wildman–Crippen MR) is 68.6 cm³/mol. The lowest BCUT2D eigenvalue weighted by molar-refractivity contribution is -0.144. The SMILES string of the molecule is O=C(NC(C(=O)O)C1CC1)C1COc2ccccc2O1. The highest BCUT2D eigenvalue weighted by atomic mass is 16.6. The lowest BCUT2D eigenvalue weighted by Gasteiger charge is -2.26. The molecule has 6 nitrogen and oxygen atoms in total. The average Bonchev–Trinajstić information content (AvgIpc) is 3.28. The van der Waals surface area contributed by atoms with Gasteiger partial charge in [0, 0.05) is 0 Å². The first-order chi connectivity index (χ1) is 9.65. The number of ether oxygens (including phenoxy) is 2. The molecule has 1 heterocycles. The van der Waals surface area contributed by atoms with Crippen molar-refractivity contribution in [3.8, 4) is 11.5 Å². The molecule has 0 aromatic heterocycles. The molecule has 20 heavy (non-hydrogen) atoms. The van der Waals surface area contributed by atoms with E-state index in [-0.39, 0.29) is 12.5 Å². The van der Waals surface area contributed by atoms with Gasteiger partial charge >= 0.3 is 5.97 Å². The maximum absolute atomic E-state index is 12.1. The molecule has 1 fully saturated rings. The lowest BCUT2D eigenvalue weighted by atomic mass is 10.1. The molecule has 6 heteroatoms. The first-order valence-corrected chi connectivity index (χ1v) is 6.57. The molecule has 2 atom stereocenters. The summed E-state index contributed by atoms with van der Waals surface area (Å²) in [6.45, 7) is 0.0832. The number of para-hydroxylation sites is 2. The second-order valence-corrected chi connectivity index (χ2v) is 5.03. The monoisotopic (exact) mass is 277 g/mol. The molecule has 1 aliphatic heterocycles. The molecule has 3 rings (SSSR count). The molecule has 106 valence electrons. The van der Waals surface area contributed by atoms with E-state index < -0.39 is 24.0 Å². The highest BCUT2D eigenvalue weighted by Gasteiger charge is 2.39. The number of carbonyl (C=O) groups excluding carboxylic acids is 1. The molecular weight excluding hydrogens is 262 g/mol. The van der Waals surface area contributed by atoms with Gasteiger partial charge in [0.05, 0.1) is 0 Å². The van der Waals surface area contributed by atoms with Crippen LogP contribution >= 0.6 is 0 Å². The van der Waals surface area contributed by atoms with Crippen LogP contribution in [-0.4, -0.2) is 35.7 Å². The second-order valence-electron chi connectivity index (χ2n) is 5.03. The fourth-order valence-corrected chi connectivity index (χ4v) is 2.21. The number of aliphatic carboxylic acids is 1. The first kappa shape index (κ1) is 12.8. The number of hydrogen-bond donors (Lipinski definition) is 2. The number of hydrogen-bond acceptors (Lipinski definition) is 4. The van der Waals surface area contributed by atoms with E-state index in [1.165, 1.54) is 0 Å². The van der Waals surface area contributed by atoms with Crippen LogP contribution in [0, 0.1) is 5.92 Å². The minimum atomic E-state index is -1.00. The zero-order valence-corrected chi connectivity index (χ0v) is 10.7. The molecule has 0 saturated heterocycles. The second kappa shape index (κ2) is 5.03. The molecule has 2 N–H and O–H groups in total. The van der Waals surface area contributed by atoms with Gasteiger partial charge in [-0.25, -0.2) is 4.79 Å². The summed E-state index contributed by atoms with van der Waals surface area (Å²) in [5.74, 6) is -0.323. The van der Waals surface area contributed by atoms with Crippen molar-refractivity contribution in [2.75, 3.05) is 6.61 Å². The number of carboxylic acid groups (broad SMARTS) is 1. The van der Waals surface area contributed by atoms with Crippen molar-refractivity contribution in [3.63, 3.8) is 0 Å². The van der Waals surface area contributed by atoms with E-state index in [9.17, 15) is 9.59 Å². The minimum Gasteiger partial charge on any atom is -0.485 e. The highest BCUT2D eigenvalue weighted by Crippen LogP contribution is 2.33. The van der Waals surface area contributed by atoms with Crippen molar-refractivity contribution in [1.82, 2.24) is 5.32 Å². The zero-order chi connectivity index (χ0) is 14.1. The van der Waals surface area contributed by atoms with Gasteiger partial charge in [-0.1, -0.05) is 12.1 Å².